The Morgan fingerprint density at radius 2 is 1.72 bits per heavy atom. The molecule has 3 aromatic rings. The van der Waals surface area contributed by atoms with Gasteiger partial charge in [0.15, 0.2) is 0 Å². The molecule has 0 aliphatic carbocycles. The van der Waals surface area contributed by atoms with Crippen molar-refractivity contribution in [3.63, 3.8) is 0 Å². The second kappa shape index (κ2) is 4.29. The van der Waals surface area contributed by atoms with E-state index in [2.05, 4.69) is 15.7 Å². The van der Waals surface area contributed by atoms with Crippen LogP contribution in [0.1, 0.15) is 10.4 Å². The zero-order valence-electron chi connectivity index (χ0n) is 9.45. The van der Waals surface area contributed by atoms with Gasteiger partial charge >= 0.3 is 0 Å². The Hall–Kier alpha value is -2.69. The molecule has 5 heteroatoms. The summed E-state index contributed by atoms with van der Waals surface area (Å²) in [5, 5.41) is 7.86. The molecule has 0 unspecified atom stereocenters. The first kappa shape index (κ1) is 10.5. The fourth-order valence-corrected chi connectivity index (χ4v) is 1.70. The molecule has 1 amide bonds. The molecule has 2 aromatic carbocycles. The summed E-state index contributed by atoms with van der Waals surface area (Å²) in [7, 11) is 0. The first-order valence-electron chi connectivity index (χ1n) is 5.51. The molecule has 3 rings (SSSR count). The minimum Gasteiger partial charge on any atom is -0.267 e. The third-order valence-electron chi connectivity index (χ3n) is 2.60. The van der Waals surface area contributed by atoms with Crippen LogP contribution in [0, 0.1) is 0 Å². The first-order chi connectivity index (χ1) is 8.84. The van der Waals surface area contributed by atoms with Gasteiger partial charge in [0.25, 0.3) is 5.91 Å². The zero-order valence-corrected chi connectivity index (χ0v) is 9.45. The van der Waals surface area contributed by atoms with Gasteiger partial charge in [0.2, 0.25) is 0 Å². The molecule has 0 saturated carbocycles. The number of nitrogens with zero attached hydrogens (tertiary/aromatic N) is 3. The molecule has 0 fully saturated rings. The summed E-state index contributed by atoms with van der Waals surface area (Å²) in [6.45, 7) is 0. The number of nitrogens with one attached hydrogen (secondary N) is 1. The maximum absolute atomic E-state index is 12.0. The van der Waals surface area contributed by atoms with Crippen LogP contribution in [0.3, 0.4) is 0 Å². The van der Waals surface area contributed by atoms with Gasteiger partial charge in [-0.25, -0.2) is 5.43 Å². The molecule has 5 nitrogen and oxygen atoms in total. The fraction of sp³-hybridized carbons (Fsp3) is 0. The van der Waals surface area contributed by atoms with Gasteiger partial charge in [-0.1, -0.05) is 30.3 Å². The smallest absolute Gasteiger partial charge is 0.267 e. The van der Waals surface area contributed by atoms with Gasteiger partial charge in [0, 0.05) is 5.56 Å². The molecule has 0 aliphatic rings. The van der Waals surface area contributed by atoms with Crippen molar-refractivity contribution in [2.75, 3.05) is 5.43 Å². The minimum absolute atomic E-state index is 0.216. The highest BCUT2D eigenvalue weighted by Crippen LogP contribution is 2.08. The van der Waals surface area contributed by atoms with Gasteiger partial charge in [0.1, 0.15) is 11.0 Å². The predicted molar refractivity (Wildman–Crippen MR) is 67.7 cm³/mol. The highest BCUT2D eigenvalue weighted by atomic mass is 16.2. The molecule has 1 heterocycles. The molecule has 0 bridgehead atoms. The number of hydrogen-bond acceptors (Lipinski definition) is 3. The van der Waals surface area contributed by atoms with Crippen molar-refractivity contribution in [3.8, 4) is 0 Å². The second-order valence-corrected chi connectivity index (χ2v) is 3.80. The maximum Gasteiger partial charge on any atom is 0.271 e. The number of benzene rings is 2. The van der Waals surface area contributed by atoms with Crippen molar-refractivity contribution in [1.82, 2.24) is 15.1 Å². The van der Waals surface area contributed by atoms with E-state index < -0.39 is 0 Å². The van der Waals surface area contributed by atoms with Crippen molar-refractivity contribution >= 4 is 16.9 Å². The number of carbonyl (C=O) groups excluding carboxylic acids is 1. The van der Waals surface area contributed by atoms with E-state index in [0.29, 0.717) is 5.56 Å². The number of amides is 1. The number of fused-ring (bicyclic) bond motifs is 1. The molecule has 0 radical (unpaired) electrons. The van der Waals surface area contributed by atoms with Crippen molar-refractivity contribution in [2.45, 2.75) is 0 Å². The fourth-order valence-electron chi connectivity index (χ4n) is 1.70. The van der Waals surface area contributed by atoms with Gasteiger partial charge in [-0.05, 0) is 29.5 Å². The summed E-state index contributed by atoms with van der Waals surface area (Å²) in [5.74, 6) is -0.216. The summed E-state index contributed by atoms with van der Waals surface area (Å²) in [6.07, 6.45) is 0. The lowest BCUT2D eigenvalue weighted by Crippen LogP contribution is -2.23. The lowest BCUT2D eigenvalue weighted by molar-refractivity contribution is 0.101. The van der Waals surface area contributed by atoms with E-state index >= 15 is 0 Å². The molecular weight excluding hydrogens is 228 g/mol. The van der Waals surface area contributed by atoms with Gasteiger partial charge in [0.05, 0.1) is 0 Å². The molecule has 1 aromatic heterocycles. The second-order valence-electron chi connectivity index (χ2n) is 3.80. The molecule has 0 atom stereocenters. The number of rotatable bonds is 2. The highest BCUT2D eigenvalue weighted by molar-refractivity contribution is 6.00. The zero-order chi connectivity index (χ0) is 12.4. The van der Waals surface area contributed by atoms with Crippen LogP contribution in [0.5, 0.6) is 0 Å². The predicted octanol–water partition coefficient (Wildman–Crippen LogP) is 1.82. The van der Waals surface area contributed by atoms with E-state index in [-0.39, 0.29) is 5.91 Å². The van der Waals surface area contributed by atoms with Gasteiger partial charge in [-0.2, -0.15) is 4.79 Å². The summed E-state index contributed by atoms with van der Waals surface area (Å²) in [6, 6.07) is 16.4. The van der Waals surface area contributed by atoms with Gasteiger partial charge < -0.3 is 0 Å². The topological polar surface area (TPSA) is 59.8 Å². The lowest BCUT2D eigenvalue weighted by Gasteiger charge is -2.04. The van der Waals surface area contributed by atoms with Crippen LogP contribution >= 0.6 is 0 Å². The Bertz CT molecular complexity index is 690. The Labute approximate surface area is 103 Å². The van der Waals surface area contributed by atoms with Crippen molar-refractivity contribution < 1.29 is 4.79 Å². The van der Waals surface area contributed by atoms with Crippen LogP contribution in [0.2, 0.25) is 0 Å². The summed E-state index contributed by atoms with van der Waals surface area (Å²) in [4.78, 5) is 13.3. The van der Waals surface area contributed by atoms with Crippen LogP contribution in [-0.2, 0) is 0 Å². The minimum atomic E-state index is -0.216. The Kier molecular flexibility index (Phi) is 2.49. The van der Waals surface area contributed by atoms with Gasteiger partial charge in [-0.15, -0.1) is 5.10 Å². The Balaban J connectivity index is 1.91. The largest absolute Gasteiger partial charge is 0.271 e. The third kappa shape index (κ3) is 1.82. The molecular formula is C13H10N4O. The van der Waals surface area contributed by atoms with E-state index in [1.807, 2.05) is 42.5 Å². The SMILES string of the molecule is O=C(Nn1nnc2ccccc21)c1ccccc1. The number of para-hydroxylation sites is 1. The van der Waals surface area contributed by atoms with E-state index in [1.54, 1.807) is 12.1 Å². The van der Waals surface area contributed by atoms with Crippen LogP contribution in [-0.4, -0.2) is 21.0 Å². The quantitative estimate of drug-likeness (QED) is 0.740. The van der Waals surface area contributed by atoms with Crippen LogP contribution in [0.4, 0.5) is 0 Å². The van der Waals surface area contributed by atoms with E-state index in [1.165, 1.54) is 4.79 Å². The van der Waals surface area contributed by atoms with Crippen LogP contribution in [0.25, 0.3) is 11.0 Å². The van der Waals surface area contributed by atoms with E-state index in [4.69, 9.17) is 0 Å². The molecule has 0 aliphatic heterocycles. The molecule has 0 spiro atoms. The number of hydrogen-bond donors (Lipinski definition) is 1. The lowest BCUT2D eigenvalue weighted by atomic mass is 10.2. The standard InChI is InChI=1S/C13H10N4O/c18-13(10-6-2-1-3-7-10)15-17-12-9-5-4-8-11(12)14-16-17/h1-9H,(H,15,18). The molecule has 88 valence electrons. The third-order valence-corrected chi connectivity index (χ3v) is 2.60. The molecule has 0 saturated heterocycles. The summed E-state index contributed by atoms with van der Waals surface area (Å²) < 4.78 is 0. The number of aromatic nitrogens is 3. The van der Waals surface area contributed by atoms with Crippen LogP contribution < -0.4 is 5.43 Å². The maximum atomic E-state index is 12.0. The Morgan fingerprint density at radius 1 is 1.00 bits per heavy atom. The van der Waals surface area contributed by atoms with Crippen LogP contribution in [0.15, 0.2) is 54.6 Å². The average Bonchev–Trinajstić information content (AvgIpc) is 2.83. The average molecular weight is 238 g/mol. The summed E-state index contributed by atoms with van der Waals surface area (Å²) in [5.41, 5.74) is 4.77. The molecule has 18 heavy (non-hydrogen) atoms. The first-order valence-corrected chi connectivity index (χ1v) is 5.51. The summed E-state index contributed by atoms with van der Waals surface area (Å²) >= 11 is 0. The molecule has 1 N–H and O–H groups in total. The Morgan fingerprint density at radius 3 is 2.56 bits per heavy atom. The monoisotopic (exact) mass is 238 g/mol. The van der Waals surface area contributed by atoms with E-state index in [9.17, 15) is 4.79 Å². The van der Waals surface area contributed by atoms with Crippen molar-refractivity contribution in [3.05, 3.63) is 60.2 Å². The van der Waals surface area contributed by atoms with E-state index in [0.717, 1.165) is 11.0 Å². The van der Waals surface area contributed by atoms with Crippen molar-refractivity contribution in [2.24, 2.45) is 0 Å². The van der Waals surface area contributed by atoms with Crippen molar-refractivity contribution in [1.29, 1.82) is 0 Å². The normalized spacial score (nSPS) is 10.4. The van der Waals surface area contributed by atoms with Gasteiger partial charge in [-0.3, -0.25) is 4.79 Å². The number of carbonyl (C=O) groups is 1. The highest BCUT2D eigenvalue weighted by Gasteiger charge is 2.08.